The number of carbonyl (C=O) groups is 1. The Bertz CT molecular complexity index is 293. The van der Waals surface area contributed by atoms with Crippen LogP contribution in [0.25, 0.3) is 0 Å². The normalized spacial score (nSPS) is 11.4. The quantitative estimate of drug-likeness (QED) is 0.129. The molecular weight excluding hydrogens is 566 g/mol. The second kappa shape index (κ2) is 27.9. The maximum Gasteiger partial charge on any atom is 2.00 e. The van der Waals surface area contributed by atoms with Crippen LogP contribution in [0.5, 0.6) is 0 Å². The van der Waals surface area contributed by atoms with Gasteiger partial charge < -0.3 is 14.9 Å². The molecule has 0 radical (unpaired) electrons. The monoisotopic (exact) mass is 610 g/mol. The Kier molecular flexibility index (Phi) is 34.6. The van der Waals surface area contributed by atoms with E-state index in [1.807, 2.05) is 0 Å². The van der Waals surface area contributed by atoms with Crippen LogP contribution in [0.3, 0.4) is 0 Å². The van der Waals surface area contributed by atoms with Gasteiger partial charge >= 0.3 is 82.1 Å². The average molecular weight is 608 g/mol. The molecule has 154 valence electrons. The average Bonchev–Trinajstić information content (AvgIpc) is 2.62. The molecule has 0 aromatic carbocycles. The smallest absolute Gasteiger partial charge is 2.00 e. The first-order valence-corrected chi connectivity index (χ1v) is 10.6. The minimum absolute atomic E-state index is 0. The zero-order valence-corrected chi connectivity index (χ0v) is 21.2. The molecule has 1 atom stereocenters. The molecule has 27 heavy (non-hydrogen) atoms. The Labute approximate surface area is 228 Å². The number of carbonyl (C=O) groups excluding carboxylic acids is 1. The second-order valence-electron chi connectivity index (χ2n) is 7.17. The summed E-state index contributed by atoms with van der Waals surface area (Å²) in [6, 6.07) is 0. The predicted octanol–water partition coefficient (Wildman–Crippen LogP) is 2.96. The molecule has 0 aromatic heterocycles. The van der Waals surface area contributed by atoms with Crippen LogP contribution in [-0.4, -0.2) is 74.2 Å². The Balaban J connectivity index is -0.00000288. The van der Waals surface area contributed by atoms with E-state index >= 15 is 0 Å². The minimum Gasteiger partial charge on any atom is 2.00 e. The molecule has 0 spiro atoms. The molecular formula is C21H42BaCdO4. The zero-order valence-electron chi connectivity index (χ0n) is 17.1. The standard InChI is InChI=1S/C21H40O4.Ba.Cd.2H/c1-2-3-4-5-6-7-8-9-10-11-12-13-14-15-16-17-21(24)25-19-20(23)18-22;;;;/h20H,2-19H2,1H3;;;;/q-2;;+2;;. The number of rotatable bonds is 19. The summed E-state index contributed by atoms with van der Waals surface area (Å²) in [6.07, 6.45) is 18.4. The third-order valence-corrected chi connectivity index (χ3v) is 4.60. The summed E-state index contributed by atoms with van der Waals surface area (Å²) in [5.41, 5.74) is 0. The van der Waals surface area contributed by atoms with Gasteiger partial charge in [-0.15, -0.1) is 12.7 Å². The first-order chi connectivity index (χ1) is 12.2. The van der Waals surface area contributed by atoms with Gasteiger partial charge in [0.05, 0.1) is 6.61 Å². The molecule has 0 rings (SSSR count). The van der Waals surface area contributed by atoms with Crippen molar-refractivity contribution in [3.63, 3.8) is 0 Å². The summed E-state index contributed by atoms with van der Waals surface area (Å²) in [4.78, 5) is 11.3. The SMILES string of the molecule is CCCCCCCCCCCCCCCCCC(=O)OCC([O-])C[O-].[BaH2].[Cd+2]. The summed E-state index contributed by atoms with van der Waals surface area (Å²) in [5.74, 6) is -0.344. The number of hydrogen-bond donors (Lipinski definition) is 0. The minimum atomic E-state index is -1.31. The number of esters is 1. The Morgan fingerprint density at radius 3 is 1.52 bits per heavy atom. The second-order valence-corrected chi connectivity index (χ2v) is 7.17. The molecule has 0 aliphatic carbocycles. The number of ether oxygens (including phenoxy) is 1. The van der Waals surface area contributed by atoms with Crippen molar-refractivity contribution >= 4 is 54.9 Å². The van der Waals surface area contributed by atoms with Gasteiger partial charge in [0.15, 0.2) is 0 Å². The van der Waals surface area contributed by atoms with Crippen molar-refractivity contribution in [2.45, 2.75) is 116 Å². The molecule has 1 unspecified atom stereocenters. The molecule has 0 aliphatic heterocycles. The van der Waals surface area contributed by atoms with Crippen molar-refractivity contribution < 1.29 is 47.0 Å². The van der Waals surface area contributed by atoms with E-state index in [1.54, 1.807) is 0 Å². The fraction of sp³-hybridized carbons (Fsp3) is 0.952. The van der Waals surface area contributed by atoms with Gasteiger partial charge in [-0.3, -0.25) is 4.79 Å². The van der Waals surface area contributed by atoms with Crippen molar-refractivity contribution in [3.8, 4) is 0 Å². The molecule has 0 saturated heterocycles. The number of hydrogen-bond acceptors (Lipinski definition) is 4. The van der Waals surface area contributed by atoms with Gasteiger partial charge in [-0.1, -0.05) is 96.8 Å². The third-order valence-electron chi connectivity index (χ3n) is 4.60. The fourth-order valence-electron chi connectivity index (χ4n) is 2.95. The Morgan fingerprint density at radius 2 is 1.15 bits per heavy atom. The zero-order chi connectivity index (χ0) is 18.6. The molecule has 0 aromatic rings. The van der Waals surface area contributed by atoms with E-state index in [-0.39, 0.29) is 88.8 Å². The van der Waals surface area contributed by atoms with Crippen molar-refractivity contribution in [2.24, 2.45) is 0 Å². The van der Waals surface area contributed by atoms with Crippen LogP contribution in [0.15, 0.2) is 0 Å². The first kappa shape index (κ1) is 33.5. The molecule has 0 bridgehead atoms. The summed E-state index contributed by atoms with van der Waals surface area (Å²) >= 11 is 0. The molecule has 0 fully saturated rings. The van der Waals surface area contributed by atoms with E-state index < -0.39 is 12.7 Å². The maximum atomic E-state index is 11.3. The summed E-state index contributed by atoms with van der Waals surface area (Å²) < 4.78 is 4.76. The van der Waals surface area contributed by atoms with Crippen molar-refractivity contribution in [3.05, 3.63) is 0 Å². The van der Waals surface area contributed by atoms with Crippen LogP contribution in [-0.2, 0) is 36.8 Å². The van der Waals surface area contributed by atoms with E-state index in [4.69, 9.17) is 4.74 Å². The predicted molar refractivity (Wildman–Crippen MR) is 108 cm³/mol. The fourth-order valence-corrected chi connectivity index (χ4v) is 2.95. The van der Waals surface area contributed by atoms with E-state index in [0.717, 1.165) is 19.3 Å². The summed E-state index contributed by atoms with van der Waals surface area (Å²) in [7, 11) is 0. The van der Waals surface area contributed by atoms with Crippen LogP contribution < -0.4 is 10.2 Å². The molecule has 0 saturated carbocycles. The molecule has 4 nitrogen and oxygen atoms in total. The van der Waals surface area contributed by atoms with Gasteiger partial charge in [-0.25, -0.2) is 0 Å². The van der Waals surface area contributed by atoms with Crippen LogP contribution in [0.4, 0.5) is 0 Å². The van der Waals surface area contributed by atoms with Gasteiger partial charge in [0, 0.05) is 6.42 Å². The van der Waals surface area contributed by atoms with Crippen LogP contribution in [0, 0.1) is 0 Å². The van der Waals surface area contributed by atoms with Gasteiger partial charge in [-0.2, -0.15) is 0 Å². The Hall–Kier alpha value is 1.88. The molecule has 0 N–H and O–H groups in total. The maximum absolute atomic E-state index is 11.3. The first-order valence-electron chi connectivity index (χ1n) is 10.6. The molecule has 6 heteroatoms. The van der Waals surface area contributed by atoms with E-state index in [0.29, 0.717) is 6.42 Å². The molecule has 0 heterocycles. The van der Waals surface area contributed by atoms with Crippen molar-refractivity contribution in [1.82, 2.24) is 0 Å². The van der Waals surface area contributed by atoms with E-state index in [1.165, 1.54) is 77.0 Å². The number of unbranched alkanes of at least 4 members (excludes halogenated alkanes) is 14. The summed E-state index contributed by atoms with van der Waals surface area (Å²) in [6.45, 7) is 1.25. The van der Waals surface area contributed by atoms with Gasteiger partial charge in [-0.05, 0) is 6.42 Å². The van der Waals surface area contributed by atoms with Crippen LogP contribution in [0.1, 0.15) is 110 Å². The van der Waals surface area contributed by atoms with Crippen molar-refractivity contribution in [1.29, 1.82) is 0 Å². The van der Waals surface area contributed by atoms with E-state index in [9.17, 15) is 15.0 Å². The van der Waals surface area contributed by atoms with Crippen molar-refractivity contribution in [2.75, 3.05) is 13.2 Å². The van der Waals surface area contributed by atoms with E-state index in [2.05, 4.69) is 6.92 Å². The summed E-state index contributed by atoms with van der Waals surface area (Å²) in [5, 5.41) is 21.1. The Morgan fingerprint density at radius 1 is 0.778 bits per heavy atom. The molecule has 0 aliphatic rings. The largest absolute Gasteiger partial charge is 2.00 e. The van der Waals surface area contributed by atoms with Gasteiger partial charge in [0.2, 0.25) is 0 Å². The van der Waals surface area contributed by atoms with Crippen LogP contribution >= 0.6 is 0 Å². The molecule has 0 amide bonds. The topological polar surface area (TPSA) is 72.4 Å². The van der Waals surface area contributed by atoms with Gasteiger partial charge in [0.25, 0.3) is 0 Å². The third kappa shape index (κ3) is 27.9. The van der Waals surface area contributed by atoms with Crippen LogP contribution in [0.2, 0.25) is 0 Å². The van der Waals surface area contributed by atoms with Gasteiger partial charge in [0.1, 0.15) is 0 Å².